The average molecular weight is 142 g/mol. The van der Waals surface area contributed by atoms with Crippen molar-refractivity contribution >= 4 is 0 Å². The standard InChI is InChI=1S/C8H14O2/c1-10-8-5-2-3-6(8)7(9)4-5/h5-9H,2-4H2,1H3/t5-,6-,7-,8-/m0/s1. The fourth-order valence-electron chi connectivity index (χ4n) is 2.60. The van der Waals surface area contributed by atoms with Crippen LogP contribution in [0, 0.1) is 11.8 Å². The van der Waals surface area contributed by atoms with Gasteiger partial charge >= 0.3 is 0 Å². The van der Waals surface area contributed by atoms with Crippen LogP contribution in [-0.4, -0.2) is 24.4 Å². The molecular formula is C8H14O2. The van der Waals surface area contributed by atoms with E-state index in [4.69, 9.17) is 4.74 Å². The maximum Gasteiger partial charge on any atom is 0.0653 e. The molecule has 0 saturated heterocycles. The number of methoxy groups -OCH3 is 1. The van der Waals surface area contributed by atoms with E-state index in [1.807, 2.05) is 0 Å². The minimum atomic E-state index is -0.0660. The van der Waals surface area contributed by atoms with Crippen LogP contribution < -0.4 is 0 Å². The van der Waals surface area contributed by atoms with Crippen LogP contribution in [0.1, 0.15) is 19.3 Å². The van der Waals surface area contributed by atoms with Gasteiger partial charge in [0, 0.05) is 13.0 Å². The van der Waals surface area contributed by atoms with Crippen LogP contribution in [0.3, 0.4) is 0 Å². The van der Waals surface area contributed by atoms with Crippen LogP contribution in [0.5, 0.6) is 0 Å². The van der Waals surface area contributed by atoms with E-state index in [2.05, 4.69) is 0 Å². The van der Waals surface area contributed by atoms with Gasteiger partial charge in [0.2, 0.25) is 0 Å². The number of aliphatic hydroxyl groups excluding tert-OH is 1. The van der Waals surface area contributed by atoms with Gasteiger partial charge in [-0.05, 0) is 25.2 Å². The fourth-order valence-corrected chi connectivity index (χ4v) is 2.60. The molecule has 1 N–H and O–H groups in total. The third kappa shape index (κ3) is 0.722. The third-order valence-electron chi connectivity index (χ3n) is 3.07. The predicted octanol–water partition coefficient (Wildman–Crippen LogP) is 0.792. The highest BCUT2D eigenvalue weighted by molar-refractivity contribution is 4.97. The third-order valence-corrected chi connectivity index (χ3v) is 3.07. The topological polar surface area (TPSA) is 29.5 Å². The van der Waals surface area contributed by atoms with Gasteiger partial charge in [0.25, 0.3) is 0 Å². The number of fused-ring (bicyclic) bond motifs is 2. The molecule has 0 aromatic rings. The van der Waals surface area contributed by atoms with Gasteiger partial charge in [0.1, 0.15) is 0 Å². The minimum Gasteiger partial charge on any atom is -0.393 e. The van der Waals surface area contributed by atoms with E-state index >= 15 is 0 Å². The highest BCUT2D eigenvalue weighted by Crippen LogP contribution is 2.46. The molecule has 0 unspecified atom stereocenters. The lowest BCUT2D eigenvalue weighted by molar-refractivity contribution is 0.0400. The summed E-state index contributed by atoms with van der Waals surface area (Å²) < 4.78 is 5.31. The molecule has 2 saturated carbocycles. The van der Waals surface area contributed by atoms with E-state index in [1.165, 1.54) is 12.8 Å². The lowest BCUT2D eigenvalue weighted by Crippen LogP contribution is -2.21. The lowest BCUT2D eigenvalue weighted by Gasteiger charge is -2.15. The van der Waals surface area contributed by atoms with Crippen molar-refractivity contribution in [1.82, 2.24) is 0 Å². The second-order valence-corrected chi connectivity index (χ2v) is 3.50. The SMILES string of the molecule is CO[C@H]1[C@H]2CC[C@H]1[C@@H](O)C2. The summed E-state index contributed by atoms with van der Waals surface area (Å²) in [7, 11) is 1.76. The first-order valence-electron chi connectivity index (χ1n) is 4.04. The Bertz CT molecular complexity index is 135. The Morgan fingerprint density at radius 2 is 2.20 bits per heavy atom. The Balaban J connectivity index is 2.11. The van der Waals surface area contributed by atoms with Gasteiger partial charge in [-0.1, -0.05) is 0 Å². The van der Waals surface area contributed by atoms with Crippen molar-refractivity contribution in [1.29, 1.82) is 0 Å². The number of hydrogen-bond acceptors (Lipinski definition) is 2. The molecule has 2 heteroatoms. The summed E-state index contributed by atoms with van der Waals surface area (Å²) >= 11 is 0. The highest BCUT2D eigenvalue weighted by atomic mass is 16.5. The minimum absolute atomic E-state index is 0.0660. The average Bonchev–Trinajstić information content (AvgIpc) is 2.42. The van der Waals surface area contributed by atoms with Crippen molar-refractivity contribution in [3.8, 4) is 0 Å². The van der Waals surface area contributed by atoms with Gasteiger partial charge in [-0.15, -0.1) is 0 Å². The van der Waals surface area contributed by atoms with E-state index in [-0.39, 0.29) is 6.10 Å². The predicted molar refractivity (Wildman–Crippen MR) is 37.6 cm³/mol. The molecule has 0 amide bonds. The van der Waals surface area contributed by atoms with Crippen molar-refractivity contribution in [2.75, 3.05) is 7.11 Å². The second kappa shape index (κ2) is 2.21. The summed E-state index contributed by atoms with van der Waals surface area (Å²) in [6.45, 7) is 0. The second-order valence-electron chi connectivity index (χ2n) is 3.50. The van der Waals surface area contributed by atoms with E-state index in [0.717, 1.165) is 6.42 Å². The van der Waals surface area contributed by atoms with Gasteiger partial charge in [-0.2, -0.15) is 0 Å². The zero-order valence-corrected chi connectivity index (χ0v) is 6.29. The molecule has 0 heterocycles. The van der Waals surface area contributed by atoms with E-state index in [9.17, 15) is 5.11 Å². The molecule has 0 aromatic carbocycles. The normalized spacial score (nSPS) is 52.2. The first-order chi connectivity index (χ1) is 4.83. The molecular weight excluding hydrogens is 128 g/mol. The van der Waals surface area contributed by atoms with Crippen LogP contribution in [0.4, 0.5) is 0 Å². The largest absolute Gasteiger partial charge is 0.393 e. The van der Waals surface area contributed by atoms with Gasteiger partial charge in [0.15, 0.2) is 0 Å². The number of aliphatic hydroxyl groups is 1. The van der Waals surface area contributed by atoms with Gasteiger partial charge in [0.05, 0.1) is 12.2 Å². The molecule has 2 aliphatic carbocycles. The summed E-state index contributed by atoms with van der Waals surface area (Å²) in [5.74, 6) is 1.11. The van der Waals surface area contributed by atoms with Crippen LogP contribution in [0.15, 0.2) is 0 Å². The van der Waals surface area contributed by atoms with Crippen LogP contribution in [0.2, 0.25) is 0 Å². The molecule has 58 valence electrons. The van der Waals surface area contributed by atoms with Crippen LogP contribution in [0.25, 0.3) is 0 Å². The number of hydrogen-bond donors (Lipinski definition) is 1. The molecule has 2 fully saturated rings. The highest BCUT2D eigenvalue weighted by Gasteiger charge is 2.47. The van der Waals surface area contributed by atoms with Crippen molar-refractivity contribution in [3.05, 3.63) is 0 Å². The smallest absolute Gasteiger partial charge is 0.0653 e. The maximum absolute atomic E-state index is 9.44. The molecule has 4 atom stereocenters. The Morgan fingerprint density at radius 3 is 2.50 bits per heavy atom. The molecule has 0 aliphatic heterocycles. The van der Waals surface area contributed by atoms with E-state index < -0.39 is 0 Å². The van der Waals surface area contributed by atoms with Crippen molar-refractivity contribution in [2.24, 2.45) is 11.8 Å². The first-order valence-corrected chi connectivity index (χ1v) is 4.04. The Hall–Kier alpha value is -0.0800. The molecule has 2 rings (SSSR count). The molecule has 0 spiro atoms. The lowest BCUT2D eigenvalue weighted by atomic mass is 9.98. The number of rotatable bonds is 1. The molecule has 0 aromatic heterocycles. The van der Waals surface area contributed by atoms with E-state index in [1.54, 1.807) is 7.11 Å². The molecule has 2 bridgehead atoms. The Morgan fingerprint density at radius 1 is 1.40 bits per heavy atom. The zero-order valence-electron chi connectivity index (χ0n) is 6.29. The fraction of sp³-hybridized carbons (Fsp3) is 1.00. The zero-order chi connectivity index (χ0) is 7.14. The van der Waals surface area contributed by atoms with Crippen LogP contribution >= 0.6 is 0 Å². The first kappa shape index (κ1) is 6.62. The Labute approximate surface area is 61.2 Å². The molecule has 0 radical (unpaired) electrons. The van der Waals surface area contributed by atoms with Gasteiger partial charge in [-0.25, -0.2) is 0 Å². The summed E-state index contributed by atoms with van der Waals surface area (Å²) in [5.41, 5.74) is 0. The Kier molecular flexibility index (Phi) is 1.46. The monoisotopic (exact) mass is 142 g/mol. The van der Waals surface area contributed by atoms with E-state index in [0.29, 0.717) is 17.9 Å². The summed E-state index contributed by atoms with van der Waals surface area (Å²) in [5, 5.41) is 9.44. The van der Waals surface area contributed by atoms with Gasteiger partial charge in [-0.3, -0.25) is 0 Å². The quantitative estimate of drug-likeness (QED) is 0.586. The molecule has 2 nitrogen and oxygen atoms in total. The maximum atomic E-state index is 9.44. The summed E-state index contributed by atoms with van der Waals surface area (Å²) in [6, 6.07) is 0. The molecule has 2 aliphatic rings. The summed E-state index contributed by atoms with van der Waals surface area (Å²) in [4.78, 5) is 0. The number of ether oxygens (including phenoxy) is 1. The van der Waals surface area contributed by atoms with Gasteiger partial charge < -0.3 is 9.84 Å². The van der Waals surface area contributed by atoms with Crippen molar-refractivity contribution in [2.45, 2.75) is 31.5 Å². The van der Waals surface area contributed by atoms with Crippen molar-refractivity contribution in [3.63, 3.8) is 0 Å². The van der Waals surface area contributed by atoms with Crippen molar-refractivity contribution < 1.29 is 9.84 Å². The summed E-state index contributed by atoms with van der Waals surface area (Å²) in [6.07, 6.45) is 3.71. The molecule has 10 heavy (non-hydrogen) atoms. The van der Waals surface area contributed by atoms with Crippen LogP contribution in [-0.2, 0) is 4.74 Å².